The Morgan fingerprint density at radius 2 is 2.07 bits per heavy atom. The average molecular weight is 216 g/mol. The molecule has 3 heteroatoms. The van der Waals surface area contributed by atoms with E-state index in [4.69, 9.17) is 9.16 Å². The van der Waals surface area contributed by atoms with Crippen LogP contribution in [0.1, 0.15) is 33.1 Å². The molecule has 0 aromatic carbocycles. The summed E-state index contributed by atoms with van der Waals surface area (Å²) in [5.74, 6) is 0. The molecule has 14 heavy (non-hydrogen) atoms. The molecule has 1 saturated heterocycles. The molecule has 0 spiro atoms. The molecule has 0 saturated carbocycles. The topological polar surface area (TPSA) is 21.8 Å². The van der Waals surface area contributed by atoms with Crippen molar-refractivity contribution in [1.29, 1.82) is 0 Å². The summed E-state index contributed by atoms with van der Waals surface area (Å²) in [5.41, 5.74) is 0. The molecule has 0 N–H and O–H groups in total. The van der Waals surface area contributed by atoms with Crippen molar-refractivity contribution in [3.63, 3.8) is 0 Å². The van der Waals surface area contributed by atoms with E-state index in [1.165, 1.54) is 18.9 Å². The molecule has 1 rings (SSSR count). The Bertz CT molecular complexity index is 167. The fourth-order valence-corrected chi connectivity index (χ4v) is 4.22. The molecule has 0 amide bonds. The number of hydrogen-bond donors (Lipinski definition) is 0. The van der Waals surface area contributed by atoms with Gasteiger partial charge in [-0.25, -0.2) is 0 Å². The Morgan fingerprint density at radius 1 is 1.43 bits per heavy atom. The molecule has 1 aliphatic heterocycles. The van der Waals surface area contributed by atoms with Crippen molar-refractivity contribution in [3.05, 3.63) is 0 Å². The SMILES string of the molecule is CCCC[Si](C)(C)O[C@H](CC)C1CO1. The standard InChI is InChI=1S/C11H24O2Si/c1-5-7-8-14(3,4)13-10(6-2)11-9-12-11/h10-11H,5-9H2,1-4H3/t10-,11?/m1/s1. The van der Waals surface area contributed by atoms with E-state index in [1.54, 1.807) is 0 Å². The molecular formula is C11H24O2Si. The Hall–Kier alpha value is 0.137. The quantitative estimate of drug-likeness (QED) is 0.481. The van der Waals surface area contributed by atoms with Crippen LogP contribution < -0.4 is 0 Å². The minimum absolute atomic E-state index is 0.369. The predicted octanol–water partition coefficient (Wildman–Crippen LogP) is 3.19. The van der Waals surface area contributed by atoms with Gasteiger partial charge in [-0.1, -0.05) is 26.7 Å². The van der Waals surface area contributed by atoms with Gasteiger partial charge in [0.15, 0.2) is 8.32 Å². The molecule has 1 unspecified atom stereocenters. The van der Waals surface area contributed by atoms with Crippen LogP contribution in [-0.2, 0) is 9.16 Å². The van der Waals surface area contributed by atoms with Crippen LogP contribution in [0.2, 0.25) is 19.1 Å². The van der Waals surface area contributed by atoms with E-state index in [1.807, 2.05) is 0 Å². The molecule has 1 fully saturated rings. The van der Waals surface area contributed by atoms with E-state index in [0.29, 0.717) is 12.2 Å². The molecule has 0 radical (unpaired) electrons. The van der Waals surface area contributed by atoms with Gasteiger partial charge in [-0.2, -0.15) is 0 Å². The molecule has 0 aromatic heterocycles. The van der Waals surface area contributed by atoms with E-state index >= 15 is 0 Å². The lowest BCUT2D eigenvalue weighted by atomic mass is 10.2. The third kappa shape index (κ3) is 4.11. The van der Waals surface area contributed by atoms with Gasteiger partial charge in [0.05, 0.1) is 12.7 Å². The van der Waals surface area contributed by atoms with Crippen molar-refractivity contribution >= 4 is 8.32 Å². The highest BCUT2D eigenvalue weighted by Gasteiger charge is 2.36. The zero-order valence-corrected chi connectivity index (χ0v) is 11.0. The Morgan fingerprint density at radius 3 is 2.50 bits per heavy atom. The van der Waals surface area contributed by atoms with Gasteiger partial charge in [0.2, 0.25) is 0 Å². The lowest BCUT2D eigenvalue weighted by molar-refractivity contribution is 0.146. The van der Waals surface area contributed by atoms with Crippen LogP contribution in [0.3, 0.4) is 0 Å². The van der Waals surface area contributed by atoms with Crippen LogP contribution in [0.15, 0.2) is 0 Å². The van der Waals surface area contributed by atoms with Gasteiger partial charge in [-0.3, -0.25) is 0 Å². The lowest BCUT2D eigenvalue weighted by Gasteiger charge is -2.28. The highest BCUT2D eigenvalue weighted by molar-refractivity contribution is 6.71. The van der Waals surface area contributed by atoms with Crippen LogP contribution in [0, 0.1) is 0 Å². The molecule has 0 aliphatic carbocycles. The molecule has 1 aliphatic rings. The monoisotopic (exact) mass is 216 g/mol. The Kier molecular flexibility index (Phi) is 4.61. The van der Waals surface area contributed by atoms with E-state index in [2.05, 4.69) is 26.9 Å². The smallest absolute Gasteiger partial charge is 0.187 e. The van der Waals surface area contributed by atoms with Gasteiger partial charge in [0.25, 0.3) is 0 Å². The van der Waals surface area contributed by atoms with Crippen molar-refractivity contribution in [3.8, 4) is 0 Å². The highest BCUT2D eigenvalue weighted by atomic mass is 28.4. The fraction of sp³-hybridized carbons (Fsp3) is 1.00. The molecule has 84 valence electrons. The largest absolute Gasteiger partial charge is 0.412 e. The maximum atomic E-state index is 6.23. The summed E-state index contributed by atoms with van der Waals surface area (Å²) in [6.45, 7) is 10.0. The summed E-state index contributed by atoms with van der Waals surface area (Å²) < 4.78 is 11.5. The summed E-state index contributed by atoms with van der Waals surface area (Å²) in [6.07, 6.45) is 4.45. The summed E-state index contributed by atoms with van der Waals surface area (Å²) in [7, 11) is -1.41. The first kappa shape index (κ1) is 12.2. The van der Waals surface area contributed by atoms with E-state index in [9.17, 15) is 0 Å². The number of unbranched alkanes of at least 4 members (excludes halogenated alkanes) is 1. The van der Waals surface area contributed by atoms with Gasteiger partial charge in [0, 0.05) is 0 Å². The molecule has 0 aromatic rings. The van der Waals surface area contributed by atoms with Gasteiger partial charge < -0.3 is 9.16 Å². The zero-order chi connectivity index (χ0) is 10.6. The Balaban J connectivity index is 2.30. The van der Waals surface area contributed by atoms with Crippen molar-refractivity contribution in [2.75, 3.05) is 6.61 Å². The number of ether oxygens (including phenoxy) is 1. The first-order chi connectivity index (χ1) is 6.59. The molecule has 2 atom stereocenters. The second kappa shape index (κ2) is 5.28. The minimum atomic E-state index is -1.41. The van der Waals surface area contributed by atoms with Crippen molar-refractivity contribution < 1.29 is 9.16 Å². The van der Waals surface area contributed by atoms with Crippen LogP contribution in [0.25, 0.3) is 0 Å². The number of hydrogen-bond acceptors (Lipinski definition) is 2. The summed E-state index contributed by atoms with van der Waals surface area (Å²) in [6, 6.07) is 1.28. The van der Waals surface area contributed by atoms with E-state index in [0.717, 1.165) is 13.0 Å². The second-order valence-corrected chi connectivity index (χ2v) is 9.05. The van der Waals surface area contributed by atoms with Gasteiger partial charge in [0.1, 0.15) is 6.10 Å². The van der Waals surface area contributed by atoms with Crippen LogP contribution in [-0.4, -0.2) is 27.1 Å². The van der Waals surface area contributed by atoms with Gasteiger partial charge >= 0.3 is 0 Å². The van der Waals surface area contributed by atoms with Crippen LogP contribution in [0.5, 0.6) is 0 Å². The van der Waals surface area contributed by atoms with Gasteiger partial charge in [-0.05, 0) is 25.6 Å². The maximum Gasteiger partial charge on any atom is 0.187 e. The summed E-state index contributed by atoms with van der Waals surface area (Å²) >= 11 is 0. The summed E-state index contributed by atoms with van der Waals surface area (Å²) in [4.78, 5) is 0. The molecular weight excluding hydrogens is 192 g/mol. The third-order valence-electron chi connectivity index (χ3n) is 2.78. The molecule has 0 bridgehead atoms. The zero-order valence-electron chi connectivity index (χ0n) is 10.0. The lowest BCUT2D eigenvalue weighted by Crippen LogP contribution is -2.37. The first-order valence-corrected chi connectivity index (χ1v) is 9.00. The van der Waals surface area contributed by atoms with Crippen LogP contribution in [0.4, 0.5) is 0 Å². The molecule has 1 heterocycles. The van der Waals surface area contributed by atoms with Crippen molar-refractivity contribution in [2.24, 2.45) is 0 Å². The average Bonchev–Trinajstić information content (AvgIpc) is 2.94. The van der Waals surface area contributed by atoms with Crippen molar-refractivity contribution in [2.45, 2.75) is 64.5 Å². The van der Waals surface area contributed by atoms with Gasteiger partial charge in [-0.15, -0.1) is 0 Å². The maximum absolute atomic E-state index is 6.23. The summed E-state index contributed by atoms with van der Waals surface area (Å²) in [5, 5.41) is 0. The fourth-order valence-electron chi connectivity index (χ4n) is 1.76. The first-order valence-electron chi connectivity index (χ1n) is 5.88. The molecule has 2 nitrogen and oxygen atoms in total. The minimum Gasteiger partial charge on any atom is -0.412 e. The number of epoxide rings is 1. The highest BCUT2D eigenvalue weighted by Crippen LogP contribution is 2.25. The predicted molar refractivity (Wildman–Crippen MR) is 62.1 cm³/mol. The van der Waals surface area contributed by atoms with Crippen LogP contribution >= 0.6 is 0 Å². The van der Waals surface area contributed by atoms with E-state index in [-0.39, 0.29) is 0 Å². The normalized spacial score (nSPS) is 23.6. The van der Waals surface area contributed by atoms with Crippen molar-refractivity contribution in [1.82, 2.24) is 0 Å². The van der Waals surface area contributed by atoms with E-state index < -0.39 is 8.32 Å². The third-order valence-corrected chi connectivity index (χ3v) is 5.28. The second-order valence-electron chi connectivity index (χ2n) is 4.80. The number of rotatable bonds is 7. The Labute approximate surface area is 89.1 Å².